The molecule has 0 aliphatic rings. The van der Waals surface area contributed by atoms with E-state index in [1.165, 1.54) is 0 Å². The summed E-state index contributed by atoms with van der Waals surface area (Å²) in [6.07, 6.45) is 0.626. The van der Waals surface area contributed by atoms with E-state index in [9.17, 15) is 4.79 Å². The van der Waals surface area contributed by atoms with Gasteiger partial charge in [-0.2, -0.15) is 10.2 Å². The molecule has 0 atom stereocenters. The van der Waals surface area contributed by atoms with Gasteiger partial charge in [-0.25, -0.2) is 9.89 Å². The molecular weight excluding hydrogens is 206 g/mol. The van der Waals surface area contributed by atoms with E-state index in [1.807, 2.05) is 20.8 Å². The highest BCUT2D eigenvalue weighted by Crippen LogP contribution is 2.13. The summed E-state index contributed by atoms with van der Waals surface area (Å²) in [6.45, 7) is 6.46. The van der Waals surface area contributed by atoms with Gasteiger partial charge in [0.2, 0.25) is 0 Å². The highest BCUT2D eigenvalue weighted by Gasteiger charge is 2.12. The maximum atomic E-state index is 11.4. The van der Waals surface area contributed by atoms with E-state index in [0.29, 0.717) is 13.0 Å². The van der Waals surface area contributed by atoms with E-state index in [0.717, 1.165) is 22.8 Å². The second-order valence-electron chi connectivity index (χ2n) is 3.78. The SMILES string of the molecule is CCn1c(Cc2c(C)n[nH]c2C)n[nH]c1=O. The van der Waals surface area contributed by atoms with Crippen molar-refractivity contribution in [3.63, 3.8) is 0 Å². The highest BCUT2D eigenvalue weighted by molar-refractivity contribution is 5.26. The molecule has 0 radical (unpaired) electrons. The summed E-state index contributed by atoms with van der Waals surface area (Å²) in [5.41, 5.74) is 2.93. The molecule has 2 rings (SSSR count). The predicted octanol–water partition coefficient (Wildman–Crippen LogP) is 0.522. The molecule has 0 unspecified atom stereocenters. The lowest BCUT2D eigenvalue weighted by atomic mass is 10.1. The number of hydrogen-bond acceptors (Lipinski definition) is 3. The maximum Gasteiger partial charge on any atom is 0.343 e. The van der Waals surface area contributed by atoms with Crippen molar-refractivity contribution in [1.29, 1.82) is 0 Å². The molecule has 0 saturated carbocycles. The van der Waals surface area contributed by atoms with Crippen molar-refractivity contribution >= 4 is 0 Å². The molecule has 2 heterocycles. The molecule has 0 saturated heterocycles. The predicted molar refractivity (Wildman–Crippen MR) is 59.4 cm³/mol. The van der Waals surface area contributed by atoms with Gasteiger partial charge in [0, 0.05) is 24.2 Å². The number of nitrogens with zero attached hydrogens (tertiary/aromatic N) is 3. The van der Waals surface area contributed by atoms with Crippen LogP contribution in [0.4, 0.5) is 0 Å². The Labute approximate surface area is 92.7 Å². The smallest absolute Gasteiger partial charge is 0.282 e. The molecule has 6 heteroatoms. The average Bonchev–Trinajstić information content (AvgIpc) is 2.76. The van der Waals surface area contributed by atoms with Crippen LogP contribution in [-0.4, -0.2) is 25.0 Å². The van der Waals surface area contributed by atoms with Gasteiger partial charge in [-0.05, 0) is 20.8 Å². The lowest BCUT2D eigenvalue weighted by molar-refractivity contribution is 0.688. The minimum atomic E-state index is -0.156. The normalized spacial score (nSPS) is 10.9. The molecule has 6 nitrogen and oxygen atoms in total. The monoisotopic (exact) mass is 221 g/mol. The summed E-state index contributed by atoms with van der Waals surface area (Å²) in [7, 11) is 0. The number of rotatable bonds is 3. The molecule has 86 valence electrons. The molecule has 2 aromatic heterocycles. The van der Waals surface area contributed by atoms with Gasteiger partial charge in [0.15, 0.2) is 0 Å². The molecule has 0 bridgehead atoms. The van der Waals surface area contributed by atoms with Gasteiger partial charge in [-0.15, -0.1) is 0 Å². The van der Waals surface area contributed by atoms with Gasteiger partial charge in [0.25, 0.3) is 0 Å². The number of aryl methyl sites for hydroxylation is 2. The van der Waals surface area contributed by atoms with Crippen LogP contribution in [0.3, 0.4) is 0 Å². The summed E-state index contributed by atoms with van der Waals surface area (Å²) in [4.78, 5) is 11.4. The molecular formula is C10H15N5O. The zero-order valence-corrected chi connectivity index (χ0v) is 9.66. The Balaban J connectivity index is 2.37. The molecule has 0 aromatic carbocycles. The maximum absolute atomic E-state index is 11.4. The number of hydrogen-bond donors (Lipinski definition) is 2. The van der Waals surface area contributed by atoms with Gasteiger partial charge >= 0.3 is 5.69 Å². The Morgan fingerprint density at radius 2 is 2.00 bits per heavy atom. The van der Waals surface area contributed by atoms with E-state index < -0.39 is 0 Å². The first kappa shape index (κ1) is 10.7. The van der Waals surface area contributed by atoms with Crippen LogP contribution >= 0.6 is 0 Å². The van der Waals surface area contributed by atoms with Crippen molar-refractivity contribution in [2.75, 3.05) is 0 Å². The van der Waals surface area contributed by atoms with E-state index in [1.54, 1.807) is 4.57 Å². The third-order valence-electron chi connectivity index (χ3n) is 2.77. The summed E-state index contributed by atoms with van der Waals surface area (Å²) >= 11 is 0. The van der Waals surface area contributed by atoms with Gasteiger partial charge in [-0.1, -0.05) is 0 Å². The Morgan fingerprint density at radius 1 is 1.25 bits per heavy atom. The minimum absolute atomic E-state index is 0.156. The van der Waals surface area contributed by atoms with Crippen molar-refractivity contribution in [1.82, 2.24) is 25.0 Å². The third kappa shape index (κ3) is 1.66. The molecule has 16 heavy (non-hydrogen) atoms. The van der Waals surface area contributed by atoms with Gasteiger partial charge in [0.1, 0.15) is 5.82 Å². The minimum Gasteiger partial charge on any atom is -0.282 e. The fourth-order valence-electron chi connectivity index (χ4n) is 1.80. The van der Waals surface area contributed by atoms with Crippen molar-refractivity contribution in [3.8, 4) is 0 Å². The molecule has 0 fully saturated rings. The first-order chi connectivity index (χ1) is 7.63. The zero-order valence-electron chi connectivity index (χ0n) is 9.66. The number of aromatic nitrogens is 5. The van der Waals surface area contributed by atoms with Gasteiger partial charge in [0.05, 0.1) is 5.69 Å². The topological polar surface area (TPSA) is 79.4 Å². The average molecular weight is 221 g/mol. The van der Waals surface area contributed by atoms with Crippen LogP contribution in [0.15, 0.2) is 4.79 Å². The highest BCUT2D eigenvalue weighted by atomic mass is 16.1. The number of aromatic amines is 2. The Kier molecular flexibility index (Phi) is 2.64. The lowest BCUT2D eigenvalue weighted by Crippen LogP contribution is -2.17. The van der Waals surface area contributed by atoms with Crippen molar-refractivity contribution in [2.24, 2.45) is 0 Å². The fraction of sp³-hybridized carbons (Fsp3) is 0.500. The summed E-state index contributed by atoms with van der Waals surface area (Å²) in [5.74, 6) is 0.750. The van der Waals surface area contributed by atoms with E-state index in [2.05, 4.69) is 20.4 Å². The van der Waals surface area contributed by atoms with Crippen molar-refractivity contribution in [2.45, 2.75) is 33.7 Å². The van der Waals surface area contributed by atoms with Crippen molar-refractivity contribution < 1.29 is 0 Å². The van der Waals surface area contributed by atoms with E-state index >= 15 is 0 Å². The van der Waals surface area contributed by atoms with Crippen LogP contribution in [0.5, 0.6) is 0 Å². The third-order valence-corrected chi connectivity index (χ3v) is 2.77. The van der Waals surface area contributed by atoms with Crippen molar-refractivity contribution in [3.05, 3.63) is 33.3 Å². The summed E-state index contributed by atoms with van der Waals surface area (Å²) < 4.78 is 1.63. The van der Waals surface area contributed by atoms with Crippen LogP contribution < -0.4 is 5.69 Å². The Morgan fingerprint density at radius 3 is 2.56 bits per heavy atom. The molecule has 0 aliphatic heterocycles. The summed E-state index contributed by atoms with van der Waals surface area (Å²) in [6, 6.07) is 0. The molecule has 2 N–H and O–H groups in total. The molecule has 0 aliphatic carbocycles. The van der Waals surface area contributed by atoms with Crippen LogP contribution in [0, 0.1) is 13.8 Å². The summed E-state index contributed by atoms with van der Waals surface area (Å²) in [5, 5.41) is 13.5. The van der Waals surface area contributed by atoms with E-state index in [-0.39, 0.29) is 5.69 Å². The molecule has 0 spiro atoms. The quantitative estimate of drug-likeness (QED) is 0.793. The standard InChI is InChI=1S/C10H15N5O/c1-4-15-9(13-14-10(15)16)5-8-6(2)11-12-7(8)3/h4-5H2,1-3H3,(H,11,12)(H,14,16). The molecule has 2 aromatic rings. The zero-order chi connectivity index (χ0) is 11.7. The first-order valence-electron chi connectivity index (χ1n) is 5.28. The Hall–Kier alpha value is -1.85. The lowest BCUT2D eigenvalue weighted by Gasteiger charge is -2.02. The van der Waals surface area contributed by atoms with E-state index in [4.69, 9.17) is 0 Å². The number of H-pyrrole nitrogens is 2. The Bertz CT molecular complexity index is 528. The second-order valence-corrected chi connectivity index (χ2v) is 3.78. The fourth-order valence-corrected chi connectivity index (χ4v) is 1.80. The first-order valence-corrected chi connectivity index (χ1v) is 5.28. The van der Waals surface area contributed by atoms with Gasteiger partial charge in [-0.3, -0.25) is 9.67 Å². The van der Waals surface area contributed by atoms with Crippen LogP contribution in [-0.2, 0) is 13.0 Å². The van der Waals surface area contributed by atoms with Crippen LogP contribution in [0.1, 0.15) is 29.7 Å². The molecule has 0 amide bonds. The van der Waals surface area contributed by atoms with Crippen LogP contribution in [0.2, 0.25) is 0 Å². The second kappa shape index (κ2) is 3.96. The van der Waals surface area contributed by atoms with Crippen LogP contribution in [0.25, 0.3) is 0 Å². The largest absolute Gasteiger partial charge is 0.343 e. The van der Waals surface area contributed by atoms with Gasteiger partial charge < -0.3 is 0 Å². The number of nitrogens with one attached hydrogen (secondary N) is 2.